The van der Waals surface area contributed by atoms with Crippen LogP contribution in [0.2, 0.25) is 10.0 Å². The highest BCUT2D eigenvalue weighted by molar-refractivity contribution is 7.92. The Balaban J connectivity index is 2.01. The Kier molecular flexibility index (Phi) is 5.75. The van der Waals surface area contributed by atoms with E-state index in [2.05, 4.69) is 0 Å². The number of hydrogen-bond donors (Lipinski definition) is 1. The van der Waals surface area contributed by atoms with Gasteiger partial charge in [0.2, 0.25) is 10.0 Å². The van der Waals surface area contributed by atoms with Crippen LogP contribution in [0.5, 0.6) is 0 Å². The average molecular weight is 464 g/mol. The molecule has 0 amide bonds. The predicted molar refractivity (Wildman–Crippen MR) is 104 cm³/mol. The zero-order valence-corrected chi connectivity index (χ0v) is 17.3. The number of carboxylic acids is 1. The van der Waals surface area contributed by atoms with Crippen molar-refractivity contribution in [2.75, 3.05) is 6.54 Å². The van der Waals surface area contributed by atoms with E-state index in [1.54, 1.807) is 6.07 Å². The summed E-state index contributed by atoms with van der Waals surface area (Å²) in [4.78, 5) is 11.3. The molecule has 3 rings (SSSR count). The third-order valence-electron chi connectivity index (χ3n) is 4.50. The summed E-state index contributed by atoms with van der Waals surface area (Å²) < 4.78 is 52.5. The number of rotatable bonds is 5. The number of sulfone groups is 1. The third kappa shape index (κ3) is 3.77. The van der Waals surface area contributed by atoms with Gasteiger partial charge in [0, 0.05) is 11.6 Å². The molecular weight excluding hydrogens is 449 g/mol. The molecule has 1 aliphatic rings. The van der Waals surface area contributed by atoms with Crippen LogP contribution >= 0.6 is 23.2 Å². The summed E-state index contributed by atoms with van der Waals surface area (Å²) in [5.41, 5.74) is 0. The van der Waals surface area contributed by atoms with Gasteiger partial charge in [-0.05, 0) is 42.8 Å². The molecule has 1 heterocycles. The zero-order valence-electron chi connectivity index (χ0n) is 14.2. The molecule has 2 atom stereocenters. The Hall–Kier alpha value is -1.65. The second kappa shape index (κ2) is 7.64. The Labute approximate surface area is 172 Å². The number of sulfonamides is 1. The SMILES string of the molecule is O=C(O)[C@@H]1C[C@@H](S(=O)(=O)c2ccccc2Cl)CN1S(=O)(=O)c1ccc(Cl)cc1. The second-order valence-corrected chi connectivity index (χ2v) is 11.1. The Morgan fingerprint density at radius 1 is 1.00 bits per heavy atom. The summed E-state index contributed by atoms with van der Waals surface area (Å²) in [6, 6.07) is 9.46. The topological polar surface area (TPSA) is 109 Å². The summed E-state index contributed by atoms with van der Waals surface area (Å²) in [6.45, 7) is -0.491. The van der Waals surface area contributed by atoms with E-state index >= 15 is 0 Å². The maximum atomic E-state index is 13.0. The van der Waals surface area contributed by atoms with Crippen LogP contribution in [0.15, 0.2) is 58.3 Å². The fraction of sp³-hybridized carbons (Fsp3) is 0.235. The molecule has 11 heteroatoms. The maximum Gasteiger partial charge on any atom is 0.322 e. The molecule has 0 unspecified atom stereocenters. The Morgan fingerprint density at radius 2 is 1.61 bits per heavy atom. The van der Waals surface area contributed by atoms with Crippen LogP contribution in [0.1, 0.15) is 6.42 Å². The molecule has 0 aliphatic carbocycles. The van der Waals surface area contributed by atoms with Crippen LogP contribution in [-0.4, -0.2) is 50.1 Å². The first-order valence-corrected chi connectivity index (χ1v) is 11.8. The van der Waals surface area contributed by atoms with E-state index in [1.807, 2.05) is 0 Å². The quantitative estimate of drug-likeness (QED) is 0.729. The molecule has 2 aromatic rings. The molecule has 28 heavy (non-hydrogen) atoms. The number of nitrogens with zero attached hydrogens (tertiary/aromatic N) is 1. The number of carbonyl (C=O) groups is 1. The lowest BCUT2D eigenvalue weighted by Gasteiger charge is -2.21. The summed E-state index contributed by atoms with van der Waals surface area (Å²) >= 11 is 11.8. The van der Waals surface area contributed by atoms with Gasteiger partial charge in [-0.25, -0.2) is 16.8 Å². The van der Waals surface area contributed by atoms with Crippen molar-refractivity contribution in [2.45, 2.75) is 27.5 Å². The molecule has 0 bridgehead atoms. The molecule has 7 nitrogen and oxygen atoms in total. The van der Waals surface area contributed by atoms with E-state index in [1.165, 1.54) is 42.5 Å². The number of carboxylic acid groups (broad SMARTS) is 1. The summed E-state index contributed by atoms with van der Waals surface area (Å²) in [7, 11) is -8.28. The molecule has 2 aromatic carbocycles. The first-order valence-electron chi connectivity index (χ1n) is 8.04. The smallest absolute Gasteiger partial charge is 0.322 e. The molecule has 150 valence electrons. The minimum atomic E-state index is -4.24. The van der Waals surface area contributed by atoms with Crippen LogP contribution in [0.3, 0.4) is 0 Å². The van der Waals surface area contributed by atoms with Crippen LogP contribution in [-0.2, 0) is 24.7 Å². The summed E-state index contributed by atoms with van der Waals surface area (Å²) in [6.07, 6.45) is -0.379. The van der Waals surface area contributed by atoms with E-state index in [4.69, 9.17) is 23.2 Å². The fourth-order valence-corrected chi connectivity index (χ4v) is 7.16. The minimum absolute atomic E-state index is 0.00613. The van der Waals surface area contributed by atoms with Gasteiger partial charge in [-0.15, -0.1) is 0 Å². The standard InChI is InChI=1S/C17H15Cl2NO6S2/c18-11-5-7-12(8-6-11)28(25,26)20-10-13(9-15(20)17(21)22)27(23,24)16-4-2-1-3-14(16)19/h1-8,13,15H,9-10H2,(H,21,22)/t13-,15+/m1/s1. The molecule has 1 fully saturated rings. The minimum Gasteiger partial charge on any atom is -0.480 e. The van der Waals surface area contributed by atoms with Crippen LogP contribution < -0.4 is 0 Å². The van der Waals surface area contributed by atoms with E-state index in [-0.39, 0.29) is 21.2 Å². The molecule has 1 aliphatic heterocycles. The largest absolute Gasteiger partial charge is 0.480 e. The normalized spacial score (nSPS) is 20.9. The Bertz CT molecular complexity index is 1120. The van der Waals surface area contributed by atoms with Crippen molar-refractivity contribution in [1.29, 1.82) is 0 Å². The average Bonchev–Trinajstić information content (AvgIpc) is 3.10. The van der Waals surface area contributed by atoms with Crippen molar-refractivity contribution in [3.63, 3.8) is 0 Å². The van der Waals surface area contributed by atoms with Crippen molar-refractivity contribution in [3.05, 3.63) is 58.6 Å². The van der Waals surface area contributed by atoms with Crippen molar-refractivity contribution >= 4 is 49.0 Å². The number of aliphatic carboxylic acids is 1. The van der Waals surface area contributed by atoms with Gasteiger partial charge in [0.1, 0.15) is 6.04 Å². The monoisotopic (exact) mass is 463 g/mol. The fourth-order valence-electron chi connectivity index (χ4n) is 3.08. The number of benzene rings is 2. The number of hydrogen-bond acceptors (Lipinski definition) is 5. The van der Waals surface area contributed by atoms with Crippen molar-refractivity contribution < 1.29 is 26.7 Å². The lowest BCUT2D eigenvalue weighted by atomic mass is 10.2. The lowest BCUT2D eigenvalue weighted by Crippen LogP contribution is -2.40. The highest BCUT2D eigenvalue weighted by Crippen LogP contribution is 2.34. The third-order valence-corrected chi connectivity index (χ3v) is 9.28. The molecule has 1 saturated heterocycles. The lowest BCUT2D eigenvalue weighted by molar-refractivity contribution is -0.140. The van der Waals surface area contributed by atoms with Crippen LogP contribution in [0, 0.1) is 0 Å². The van der Waals surface area contributed by atoms with E-state index in [0.717, 1.165) is 0 Å². The first-order chi connectivity index (χ1) is 13.0. The van der Waals surface area contributed by atoms with Crippen molar-refractivity contribution in [3.8, 4) is 0 Å². The van der Waals surface area contributed by atoms with Gasteiger partial charge in [0.15, 0.2) is 9.84 Å². The summed E-state index contributed by atoms with van der Waals surface area (Å²) in [5, 5.41) is 8.57. The van der Waals surface area contributed by atoms with Gasteiger partial charge in [0.25, 0.3) is 0 Å². The first kappa shape index (κ1) is 21.1. The van der Waals surface area contributed by atoms with Gasteiger partial charge in [-0.2, -0.15) is 4.31 Å². The molecule has 0 radical (unpaired) electrons. The Morgan fingerprint density at radius 3 is 2.18 bits per heavy atom. The molecule has 0 aromatic heterocycles. The highest BCUT2D eigenvalue weighted by Gasteiger charge is 2.49. The van der Waals surface area contributed by atoms with Crippen LogP contribution in [0.4, 0.5) is 0 Å². The van der Waals surface area contributed by atoms with Crippen molar-refractivity contribution in [2.24, 2.45) is 0 Å². The van der Waals surface area contributed by atoms with Crippen molar-refractivity contribution in [1.82, 2.24) is 4.31 Å². The second-order valence-electron chi connectivity index (χ2n) is 6.22. The van der Waals surface area contributed by atoms with Gasteiger partial charge >= 0.3 is 5.97 Å². The summed E-state index contributed by atoms with van der Waals surface area (Å²) in [5.74, 6) is -1.42. The van der Waals surface area contributed by atoms with Gasteiger partial charge in [0.05, 0.1) is 20.1 Å². The number of halogens is 2. The van der Waals surface area contributed by atoms with E-state index < -0.39 is 43.7 Å². The van der Waals surface area contributed by atoms with Gasteiger partial charge < -0.3 is 5.11 Å². The molecule has 0 saturated carbocycles. The van der Waals surface area contributed by atoms with E-state index in [0.29, 0.717) is 9.33 Å². The molecule has 0 spiro atoms. The highest BCUT2D eigenvalue weighted by atomic mass is 35.5. The van der Waals surface area contributed by atoms with Gasteiger partial charge in [-0.1, -0.05) is 35.3 Å². The molecule has 1 N–H and O–H groups in total. The van der Waals surface area contributed by atoms with Crippen LogP contribution in [0.25, 0.3) is 0 Å². The van der Waals surface area contributed by atoms with Gasteiger partial charge in [-0.3, -0.25) is 4.79 Å². The molecular formula is C17H15Cl2NO6S2. The maximum absolute atomic E-state index is 13.0. The van der Waals surface area contributed by atoms with E-state index in [9.17, 15) is 26.7 Å². The predicted octanol–water partition coefficient (Wildman–Crippen LogP) is 2.68. The zero-order chi connectivity index (χ0) is 20.7.